The molecule has 0 spiro atoms. The molecule has 32 heavy (non-hydrogen) atoms. The van der Waals surface area contributed by atoms with E-state index in [0.717, 1.165) is 21.5 Å². The Labute approximate surface area is 195 Å². The first kappa shape index (κ1) is 22.0. The van der Waals surface area contributed by atoms with E-state index in [1.54, 1.807) is 62.5 Å². The molecule has 2 aromatic carbocycles. The monoisotopic (exact) mass is 467 g/mol. The van der Waals surface area contributed by atoms with Crippen molar-refractivity contribution in [2.24, 2.45) is 0 Å². The van der Waals surface area contributed by atoms with Gasteiger partial charge < -0.3 is 9.47 Å². The summed E-state index contributed by atoms with van der Waals surface area (Å²) >= 11 is 7.40. The molecule has 0 aliphatic heterocycles. The van der Waals surface area contributed by atoms with Crippen molar-refractivity contribution in [1.29, 1.82) is 0 Å². The number of fused-ring (bicyclic) bond motifs is 1. The van der Waals surface area contributed by atoms with Crippen LogP contribution in [0.1, 0.15) is 19.4 Å². The average molecular weight is 468 g/mol. The molecule has 1 amide bonds. The standard InChI is InChI=1S/C24H22ClN3O3S/c1-24(2,31-18-8-6-17(25)7-9-18)22(29)28(15-16-5-4-12-26-14-16)23-27-20-11-10-19(30-3)13-21(20)32-23/h4-14H,15H2,1-3H3. The molecule has 0 N–H and O–H groups in total. The van der Waals surface area contributed by atoms with E-state index >= 15 is 0 Å². The summed E-state index contributed by atoms with van der Waals surface area (Å²) in [4.78, 5) is 24.3. The van der Waals surface area contributed by atoms with Crippen LogP contribution in [-0.4, -0.2) is 28.6 Å². The summed E-state index contributed by atoms with van der Waals surface area (Å²) in [5.41, 5.74) is 0.539. The Balaban J connectivity index is 1.69. The van der Waals surface area contributed by atoms with Crippen LogP contribution in [0.3, 0.4) is 0 Å². The molecule has 0 saturated heterocycles. The highest BCUT2D eigenvalue weighted by atomic mass is 35.5. The number of thiazole rings is 1. The molecule has 0 saturated carbocycles. The smallest absolute Gasteiger partial charge is 0.272 e. The van der Waals surface area contributed by atoms with Crippen molar-refractivity contribution in [1.82, 2.24) is 9.97 Å². The molecule has 164 valence electrons. The SMILES string of the molecule is COc1ccc2nc(N(Cc3cccnc3)C(=O)C(C)(C)Oc3ccc(Cl)cc3)sc2c1. The first-order valence-electron chi connectivity index (χ1n) is 9.96. The van der Waals surface area contributed by atoms with Crippen LogP contribution in [-0.2, 0) is 11.3 Å². The van der Waals surface area contributed by atoms with Gasteiger partial charge in [-0.2, -0.15) is 0 Å². The van der Waals surface area contributed by atoms with Crippen molar-refractivity contribution >= 4 is 44.2 Å². The number of methoxy groups -OCH3 is 1. The van der Waals surface area contributed by atoms with Crippen molar-refractivity contribution in [3.63, 3.8) is 0 Å². The summed E-state index contributed by atoms with van der Waals surface area (Å²) in [6, 6.07) is 16.4. The fourth-order valence-electron chi connectivity index (χ4n) is 3.20. The molecule has 0 aliphatic carbocycles. The van der Waals surface area contributed by atoms with Crippen molar-refractivity contribution in [3.05, 3.63) is 77.6 Å². The first-order chi connectivity index (χ1) is 15.4. The zero-order chi connectivity index (χ0) is 22.7. The van der Waals surface area contributed by atoms with Crippen LogP contribution in [0.4, 0.5) is 5.13 Å². The highest BCUT2D eigenvalue weighted by molar-refractivity contribution is 7.22. The Morgan fingerprint density at radius 2 is 1.88 bits per heavy atom. The molecule has 6 nitrogen and oxygen atoms in total. The molecule has 4 aromatic rings. The Morgan fingerprint density at radius 3 is 2.56 bits per heavy atom. The van der Waals surface area contributed by atoms with Gasteiger partial charge in [-0.05, 0) is 67.9 Å². The second-order valence-corrected chi connectivity index (χ2v) is 9.09. The number of anilines is 1. The summed E-state index contributed by atoms with van der Waals surface area (Å²) in [6.07, 6.45) is 3.44. The van der Waals surface area contributed by atoms with Crippen molar-refractivity contribution in [3.8, 4) is 11.5 Å². The van der Waals surface area contributed by atoms with Crippen LogP contribution >= 0.6 is 22.9 Å². The third-order valence-corrected chi connectivity index (χ3v) is 6.12. The first-order valence-corrected chi connectivity index (χ1v) is 11.2. The summed E-state index contributed by atoms with van der Waals surface area (Å²) < 4.78 is 12.3. The Bertz CT molecular complexity index is 1230. The summed E-state index contributed by atoms with van der Waals surface area (Å²) in [6.45, 7) is 3.81. The lowest BCUT2D eigenvalue weighted by atomic mass is 10.1. The van der Waals surface area contributed by atoms with Crippen LogP contribution in [0.15, 0.2) is 67.0 Å². The number of hydrogen-bond donors (Lipinski definition) is 0. The van der Waals surface area contributed by atoms with Gasteiger partial charge in [-0.25, -0.2) is 4.98 Å². The maximum atomic E-state index is 13.7. The second-order valence-electron chi connectivity index (χ2n) is 7.65. The van der Waals surface area contributed by atoms with Crippen LogP contribution in [0.2, 0.25) is 5.02 Å². The number of carbonyl (C=O) groups excluding carboxylic acids is 1. The van der Waals surface area contributed by atoms with E-state index in [2.05, 4.69) is 4.98 Å². The highest BCUT2D eigenvalue weighted by Crippen LogP contribution is 2.34. The maximum Gasteiger partial charge on any atom is 0.272 e. The highest BCUT2D eigenvalue weighted by Gasteiger charge is 2.36. The maximum absolute atomic E-state index is 13.7. The second kappa shape index (κ2) is 9.14. The number of halogens is 1. The molecule has 8 heteroatoms. The van der Waals surface area contributed by atoms with Gasteiger partial charge in [0.1, 0.15) is 11.5 Å². The van der Waals surface area contributed by atoms with Gasteiger partial charge in [0, 0.05) is 17.4 Å². The van der Waals surface area contributed by atoms with E-state index in [-0.39, 0.29) is 5.91 Å². The Morgan fingerprint density at radius 1 is 1.12 bits per heavy atom. The molecular formula is C24H22ClN3O3S. The molecule has 0 bridgehead atoms. The number of carbonyl (C=O) groups is 1. The summed E-state index contributed by atoms with van der Waals surface area (Å²) in [7, 11) is 1.62. The molecule has 0 fully saturated rings. The van der Waals surface area contributed by atoms with E-state index in [4.69, 9.17) is 26.1 Å². The zero-order valence-electron chi connectivity index (χ0n) is 17.9. The van der Waals surface area contributed by atoms with Gasteiger partial charge in [0.15, 0.2) is 10.7 Å². The van der Waals surface area contributed by atoms with Crippen molar-refractivity contribution in [2.45, 2.75) is 26.0 Å². The molecule has 0 unspecified atom stereocenters. The van der Waals surface area contributed by atoms with E-state index in [1.165, 1.54) is 11.3 Å². The number of hydrogen-bond acceptors (Lipinski definition) is 6. The molecule has 2 heterocycles. The van der Waals surface area contributed by atoms with Gasteiger partial charge in [0.05, 0.1) is 23.9 Å². The van der Waals surface area contributed by atoms with Crippen molar-refractivity contribution < 1.29 is 14.3 Å². The van der Waals surface area contributed by atoms with Gasteiger partial charge in [-0.3, -0.25) is 14.7 Å². The van der Waals surface area contributed by atoms with Crippen LogP contribution in [0.5, 0.6) is 11.5 Å². The Kier molecular flexibility index (Phi) is 6.30. The third kappa shape index (κ3) is 4.84. The lowest BCUT2D eigenvalue weighted by Crippen LogP contribution is -2.48. The number of nitrogens with zero attached hydrogens (tertiary/aromatic N) is 3. The lowest BCUT2D eigenvalue weighted by Gasteiger charge is -2.31. The van der Waals surface area contributed by atoms with Crippen LogP contribution in [0, 0.1) is 0 Å². The normalized spacial score (nSPS) is 11.4. The van der Waals surface area contributed by atoms with Gasteiger partial charge >= 0.3 is 0 Å². The zero-order valence-corrected chi connectivity index (χ0v) is 19.5. The number of benzene rings is 2. The fraction of sp³-hybridized carbons (Fsp3) is 0.208. The van der Waals surface area contributed by atoms with Crippen molar-refractivity contribution in [2.75, 3.05) is 12.0 Å². The number of amides is 1. The van der Waals surface area contributed by atoms with Crippen LogP contribution < -0.4 is 14.4 Å². The minimum Gasteiger partial charge on any atom is -0.497 e. The molecular weight excluding hydrogens is 446 g/mol. The minimum absolute atomic E-state index is 0.220. The summed E-state index contributed by atoms with van der Waals surface area (Å²) in [5.74, 6) is 1.08. The molecule has 0 radical (unpaired) electrons. The predicted molar refractivity (Wildman–Crippen MR) is 128 cm³/mol. The average Bonchev–Trinajstić information content (AvgIpc) is 3.22. The van der Waals surface area contributed by atoms with E-state index in [9.17, 15) is 4.79 Å². The minimum atomic E-state index is -1.15. The van der Waals surface area contributed by atoms with E-state index < -0.39 is 5.60 Å². The van der Waals surface area contributed by atoms with Gasteiger partial charge in [0.2, 0.25) is 0 Å². The summed E-state index contributed by atoms with van der Waals surface area (Å²) in [5, 5.41) is 1.18. The van der Waals surface area contributed by atoms with E-state index in [0.29, 0.717) is 22.4 Å². The number of pyridine rings is 1. The predicted octanol–water partition coefficient (Wildman–Crippen LogP) is 5.74. The quantitative estimate of drug-likeness (QED) is 0.346. The fourth-order valence-corrected chi connectivity index (χ4v) is 4.32. The van der Waals surface area contributed by atoms with Gasteiger partial charge in [0.25, 0.3) is 5.91 Å². The number of ether oxygens (including phenoxy) is 2. The lowest BCUT2D eigenvalue weighted by molar-refractivity contribution is -0.131. The van der Waals surface area contributed by atoms with Gasteiger partial charge in [-0.15, -0.1) is 0 Å². The Hall–Kier alpha value is -3.16. The number of rotatable bonds is 7. The molecule has 4 rings (SSSR count). The topological polar surface area (TPSA) is 64.5 Å². The number of aromatic nitrogens is 2. The molecule has 0 atom stereocenters. The van der Waals surface area contributed by atoms with E-state index in [1.807, 2.05) is 30.3 Å². The van der Waals surface area contributed by atoms with Crippen LogP contribution in [0.25, 0.3) is 10.2 Å². The third-order valence-electron chi connectivity index (χ3n) is 4.83. The largest absolute Gasteiger partial charge is 0.497 e. The van der Waals surface area contributed by atoms with Gasteiger partial charge in [-0.1, -0.05) is 29.0 Å². The molecule has 2 aromatic heterocycles. The molecule has 0 aliphatic rings.